The van der Waals surface area contributed by atoms with Crippen molar-refractivity contribution in [2.75, 3.05) is 26.2 Å². The van der Waals surface area contributed by atoms with E-state index < -0.39 is 0 Å². The Balaban J connectivity index is 1.39. The summed E-state index contributed by atoms with van der Waals surface area (Å²) in [6, 6.07) is 9.50. The molecule has 0 amide bonds. The normalized spacial score (nSPS) is 16.7. The smallest absolute Gasteiger partial charge is 0.258 e. The van der Waals surface area contributed by atoms with Gasteiger partial charge in [0.1, 0.15) is 5.65 Å². The maximum atomic E-state index is 12.2. The summed E-state index contributed by atoms with van der Waals surface area (Å²) in [7, 11) is 0. The molecule has 4 rings (SSSR count). The standard InChI is InChI=1S/C18H20N4OS/c23-18-11-16(19-17-3-1-2-5-22(17)18)13-21-8-6-20(7-9-21)12-15-4-10-24-14-15/h1-5,10-11,14H,6-9,12-13H2. The largest absolute Gasteiger partial charge is 0.297 e. The number of rotatable bonds is 4. The molecule has 3 aromatic heterocycles. The van der Waals surface area contributed by atoms with Gasteiger partial charge in [0, 0.05) is 51.5 Å². The molecule has 5 nitrogen and oxygen atoms in total. The molecule has 0 atom stereocenters. The third-order valence-electron chi connectivity index (χ3n) is 4.46. The second-order valence-electron chi connectivity index (χ2n) is 6.20. The van der Waals surface area contributed by atoms with Crippen molar-refractivity contribution in [2.24, 2.45) is 0 Å². The van der Waals surface area contributed by atoms with E-state index in [1.54, 1.807) is 28.0 Å². The van der Waals surface area contributed by atoms with Crippen molar-refractivity contribution in [1.82, 2.24) is 19.2 Å². The number of aromatic nitrogens is 2. The van der Waals surface area contributed by atoms with Gasteiger partial charge in [-0.05, 0) is 34.5 Å². The number of thiophene rings is 1. The Bertz CT molecular complexity index is 866. The van der Waals surface area contributed by atoms with Crippen LogP contribution in [0.25, 0.3) is 5.65 Å². The first-order chi connectivity index (χ1) is 11.8. The van der Waals surface area contributed by atoms with Gasteiger partial charge in [-0.15, -0.1) is 0 Å². The second-order valence-corrected chi connectivity index (χ2v) is 6.98. The van der Waals surface area contributed by atoms with Crippen LogP contribution in [0.15, 0.2) is 52.1 Å². The fourth-order valence-electron chi connectivity index (χ4n) is 3.16. The minimum absolute atomic E-state index is 0.00769. The van der Waals surface area contributed by atoms with Crippen LogP contribution < -0.4 is 5.56 Å². The van der Waals surface area contributed by atoms with Gasteiger partial charge < -0.3 is 0 Å². The molecule has 0 bridgehead atoms. The van der Waals surface area contributed by atoms with E-state index in [9.17, 15) is 4.79 Å². The van der Waals surface area contributed by atoms with Crippen molar-refractivity contribution in [2.45, 2.75) is 13.1 Å². The van der Waals surface area contributed by atoms with E-state index in [-0.39, 0.29) is 5.56 Å². The third-order valence-corrected chi connectivity index (χ3v) is 5.19. The molecule has 3 aromatic rings. The van der Waals surface area contributed by atoms with Crippen molar-refractivity contribution < 1.29 is 0 Å². The lowest BCUT2D eigenvalue weighted by Crippen LogP contribution is -2.45. The van der Waals surface area contributed by atoms with Gasteiger partial charge in [-0.2, -0.15) is 11.3 Å². The van der Waals surface area contributed by atoms with Crippen LogP contribution in [-0.2, 0) is 13.1 Å². The maximum absolute atomic E-state index is 12.2. The van der Waals surface area contributed by atoms with Crippen LogP contribution in [-0.4, -0.2) is 45.4 Å². The summed E-state index contributed by atoms with van der Waals surface area (Å²) in [6.07, 6.45) is 1.76. The Morgan fingerprint density at radius 1 is 1.04 bits per heavy atom. The predicted molar refractivity (Wildman–Crippen MR) is 96.3 cm³/mol. The molecule has 1 fully saturated rings. The highest BCUT2D eigenvalue weighted by molar-refractivity contribution is 7.07. The van der Waals surface area contributed by atoms with Crippen LogP contribution in [0.1, 0.15) is 11.3 Å². The first-order valence-corrected chi connectivity index (χ1v) is 9.15. The summed E-state index contributed by atoms with van der Waals surface area (Å²) in [5.41, 5.74) is 2.97. The molecule has 0 unspecified atom stereocenters. The monoisotopic (exact) mass is 340 g/mol. The van der Waals surface area contributed by atoms with Crippen molar-refractivity contribution in [1.29, 1.82) is 0 Å². The van der Waals surface area contributed by atoms with Crippen LogP contribution in [0.3, 0.4) is 0 Å². The molecule has 0 N–H and O–H groups in total. The first-order valence-electron chi connectivity index (χ1n) is 8.21. The topological polar surface area (TPSA) is 40.9 Å². The van der Waals surface area contributed by atoms with Crippen molar-refractivity contribution in [3.05, 3.63) is 68.9 Å². The lowest BCUT2D eigenvalue weighted by molar-refractivity contribution is 0.121. The number of hydrogen-bond donors (Lipinski definition) is 0. The Morgan fingerprint density at radius 3 is 2.58 bits per heavy atom. The fourth-order valence-corrected chi connectivity index (χ4v) is 3.82. The maximum Gasteiger partial charge on any atom is 0.258 e. The van der Waals surface area contributed by atoms with E-state index in [0.717, 1.165) is 50.6 Å². The van der Waals surface area contributed by atoms with Crippen molar-refractivity contribution in [3.63, 3.8) is 0 Å². The van der Waals surface area contributed by atoms with Gasteiger partial charge in [-0.1, -0.05) is 6.07 Å². The molecule has 124 valence electrons. The molecule has 1 aliphatic rings. The summed E-state index contributed by atoms with van der Waals surface area (Å²) in [6.45, 7) is 5.92. The number of hydrogen-bond acceptors (Lipinski definition) is 5. The van der Waals surface area contributed by atoms with Crippen LogP contribution >= 0.6 is 11.3 Å². The molecule has 0 aliphatic carbocycles. The van der Waals surface area contributed by atoms with Crippen LogP contribution in [0, 0.1) is 0 Å². The van der Waals surface area contributed by atoms with Gasteiger partial charge >= 0.3 is 0 Å². The number of pyridine rings is 1. The molecule has 0 radical (unpaired) electrons. The molecule has 1 saturated heterocycles. The zero-order chi connectivity index (χ0) is 16.4. The Morgan fingerprint density at radius 2 is 1.83 bits per heavy atom. The number of piperazine rings is 1. The SMILES string of the molecule is O=c1cc(CN2CCN(Cc3ccsc3)CC2)nc2ccccn12. The van der Waals surface area contributed by atoms with Crippen LogP contribution in [0.5, 0.6) is 0 Å². The summed E-state index contributed by atoms with van der Waals surface area (Å²) in [5.74, 6) is 0. The molecule has 24 heavy (non-hydrogen) atoms. The summed E-state index contributed by atoms with van der Waals surface area (Å²) in [4.78, 5) is 21.7. The van der Waals surface area contributed by atoms with E-state index in [0.29, 0.717) is 0 Å². The lowest BCUT2D eigenvalue weighted by atomic mass is 10.2. The van der Waals surface area contributed by atoms with Crippen molar-refractivity contribution in [3.8, 4) is 0 Å². The molecule has 1 aliphatic heterocycles. The van der Waals surface area contributed by atoms with E-state index >= 15 is 0 Å². The second kappa shape index (κ2) is 6.84. The third kappa shape index (κ3) is 3.40. The average molecular weight is 340 g/mol. The Labute approximate surface area is 144 Å². The molecule has 0 aromatic carbocycles. The summed E-state index contributed by atoms with van der Waals surface area (Å²) < 4.78 is 1.59. The van der Waals surface area contributed by atoms with Gasteiger partial charge in [0.05, 0.1) is 5.69 Å². The van der Waals surface area contributed by atoms with E-state index in [4.69, 9.17) is 0 Å². The van der Waals surface area contributed by atoms with Crippen LogP contribution in [0.4, 0.5) is 0 Å². The fraction of sp³-hybridized carbons (Fsp3) is 0.333. The molecule has 0 spiro atoms. The average Bonchev–Trinajstić information content (AvgIpc) is 3.10. The molecular formula is C18H20N4OS. The van der Waals surface area contributed by atoms with Gasteiger partial charge in [0.15, 0.2) is 0 Å². The number of nitrogens with zero attached hydrogens (tertiary/aromatic N) is 4. The van der Waals surface area contributed by atoms with E-state index in [1.165, 1.54) is 5.56 Å². The Kier molecular flexibility index (Phi) is 4.42. The number of fused-ring (bicyclic) bond motifs is 1. The zero-order valence-electron chi connectivity index (χ0n) is 13.5. The van der Waals surface area contributed by atoms with E-state index in [1.807, 2.05) is 18.2 Å². The van der Waals surface area contributed by atoms with E-state index in [2.05, 4.69) is 31.6 Å². The van der Waals surface area contributed by atoms with Gasteiger partial charge in [-0.25, -0.2) is 4.98 Å². The van der Waals surface area contributed by atoms with Crippen LogP contribution in [0.2, 0.25) is 0 Å². The quantitative estimate of drug-likeness (QED) is 0.729. The summed E-state index contributed by atoms with van der Waals surface area (Å²) in [5, 5.41) is 4.36. The highest BCUT2D eigenvalue weighted by Gasteiger charge is 2.18. The lowest BCUT2D eigenvalue weighted by Gasteiger charge is -2.34. The molecule has 4 heterocycles. The minimum atomic E-state index is -0.00769. The highest BCUT2D eigenvalue weighted by atomic mass is 32.1. The zero-order valence-corrected chi connectivity index (χ0v) is 14.3. The Hall–Kier alpha value is -2.02. The molecular weight excluding hydrogens is 320 g/mol. The summed E-state index contributed by atoms with van der Waals surface area (Å²) >= 11 is 1.76. The van der Waals surface area contributed by atoms with Crippen molar-refractivity contribution >= 4 is 17.0 Å². The first kappa shape index (κ1) is 15.5. The van der Waals surface area contributed by atoms with Gasteiger partial charge in [0.2, 0.25) is 0 Å². The predicted octanol–water partition coefficient (Wildman–Crippen LogP) is 2.07. The highest BCUT2D eigenvalue weighted by Crippen LogP contribution is 2.12. The molecule has 6 heteroatoms. The minimum Gasteiger partial charge on any atom is -0.297 e. The van der Waals surface area contributed by atoms with Gasteiger partial charge in [0.25, 0.3) is 5.56 Å². The molecule has 0 saturated carbocycles. The van der Waals surface area contributed by atoms with Gasteiger partial charge in [-0.3, -0.25) is 19.0 Å².